The molecule has 0 saturated heterocycles. The molecule has 0 aliphatic rings. The molecule has 0 spiro atoms. The van der Waals surface area contributed by atoms with E-state index in [2.05, 4.69) is 21.0 Å². The molecule has 0 amide bonds. The monoisotopic (exact) mass is 281 g/mol. The molecule has 0 aliphatic carbocycles. The van der Waals surface area contributed by atoms with Crippen molar-refractivity contribution in [2.24, 2.45) is 0 Å². The maximum Gasteiger partial charge on any atom is 0.410 e. The van der Waals surface area contributed by atoms with E-state index in [-0.39, 0.29) is 15.9 Å². The number of aromatic nitrogens is 2. The van der Waals surface area contributed by atoms with Crippen LogP contribution in [0.4, 0.5) is 13.2 Å². The van der Waals surface area contributed by atoms with Crippen LogP contribution in [0.1, 0.15) is 24.2 Å². The molecular weight excluding hydrogens is 275 g/mol. The van der Waals surface area contributed by atoms with Gasteiger partial charge in [0.1, 0.15) is 22.3 Å². The molecule has 1 aromatic heterocycles. The second-order valence-corrected chi connectivity index (χ2v) is 3.78. The molecule has 1 heterocycles. The van der Waals surface area contributed by atoms with Gasteiger partial charge >= 0.3 is 6.18 Å². The zero-order valence-corrected chi connectivity index (χ0v) is 9.52. The Morgan fingerprint density at radius 3 is 2.40 bits per heavy atom. The number of nitriles is 1. The molecule has 3 nitrogen and oxygen atoms in total. The Bertz CT molecular complexity index is 416. The van der Waals surface area contributed by atoms with Crippen LogP contribution in [0.25, 0.3) is 0 Å². The third-order valence-electron chi connectivity index (χ3n) is 2.06. The number of hydrogen-bond acceptors (Lipinski definition) is 2. The highest BCUT2D eigenvalue weighted by Gasteiger charge is 2.39. The summed E-state index contributed by atoms with van der Waals surface area (Å²) in [5.41, 5.74) is 0.334. The molecule has 0 aromatic carbocycles. The predicted octanol–water partition coefficient (Wildman–Crippen LogP) is 2.95. The van der Waals surface area contributed by atoms with Gasteiger partial charge in [-0.05, 0) is 29.8 Å². The van der Waals surface area contributed by atoms with Gasteiger partial charge in [0.25, 0.3) is 0 Å². The molecule has 82 valence electrons. The van der Waals surface area contributed by atoms with E-state index < -0.39 is 12.2 Å². The van der Waals surface area contributed by atoms with Crippen molar-refractivity contribution >= 4 is 15.9 Å². The van der Waals surface area contributed by atoms with E-state index >= 15 is 0 Å². The third-order valence-corrected chi connectivity index (χ3v) is 2.61. The fraction of sp³-hybridized carbons (Fsp3) is 0.500. The van der Waals surface area contributed by atoms with Gasteiger partial charge in [-0.3, -0.25) is 4.68 Å². The summed E-state index contributed by atoms with van der Waals surface area (Å²) in [5, 5.41) is 12.3. The van der Waals surface area contributed by atoms with Crippen molar-refractivity contribution in [3.05, 3.63) is 15.9 Å². The minimum Gasteiger partial charge on any atom is -0.255 e. The normalized spacial score (nSPS) is 13.7. The summed E-state index contributed by atoms with van der Waals surface area (Å²) in [5.74, 6) is 0. The Morgan fingerprint density at radius 2 is 2.07 bits per heavy atom. The van der Waals surface area contributed by atoms with Gasteiger partial charge in [0.2, 0.25) is 0 Å². The van der Waals surface area contributed by atoms with Crippen LogP contribution in [0.3, 0.4) is 0 Å². The van der Waals surface area contributed by atoms with Gasteiger partial charge in [-0.1, -0.05) is 0 Å². The lowest BCUT2D eigenvalue weighted by Gasteiger charge is -2.17. The van der Waals surface area contributed by atoms with E-state index in [0.717, 1.165) is 11.6 Å². The van der Waals surface area contributed by atoms with Gasteiger partial charge in [-0.15, -0.1) is 0 Å². The van der Waals surface area contributed by atoms with Crippen molar-refractivity contribution < 1.29 is 13.2 Å². The standard InChI is InChI=1S/C8H7BrF3N3/c1-4-6(3-13)7(9)14-15(4)5(2)8(10,11)12/h5H,1-2H3. The van der Waals surface area contributed by atoms with Crippen LogP contribution < -0.4 is 0 Å². The second kappa shape index (κ2) is 3.85. The first kappa shape index (κ1) is 12.0. The maximum absolute atomic E-state index is 12.4. The quantitative estimate of drug-likeness (QED) is 0.794. The summed E-state index contributed by atoms with van der Waals surface area (Å²) in [6.45, 7) is 2.42. The van der Waals surface area contributed by atoms with Crippen molar-refractivity contribution in [1.29, 1.82) is 5.26 Å². The van der Waals surface area contributed by atoms with Crippen molar-refractivity contribution in [1.82, 2.24) is 9.78 Å². The molecule has 1 aromatic rings. The van der Waals surface area contributed by atoms with Crippen molar-refractivity contribution in [2.75, 3.05) is 0 Å². The van der Waals surface area contributed by atoms with E-state index in [1.165, 1.54) is 6.92 Å². The Hall–Kier alpha value is -1.03. The minimum absolute atomic E-state index is 0.131. The van der Waals surface area contributed by atoms with Gasteiger partial charge in [0.05, 0.1) is 5.69 Å². The first-order chi connectivity index (χ1) is 6.79. The van der Waals surface area contributed by atoms with Gasteiger partial charge in [0.15, 0.2) is 0 Å². The number of hydrogen-bond donors (Lipinski definition) is 0. The van der Waals surface area contributed by atoms with Crippen LogP contribution in [-0.2, 0) is 0 Å². The zero-order valence-electron chi connectivity index (χ0n) is 7.93. The van der Waals surface area contributed by atoms with E-state index in [9.17, 15) is 13.2 Å². The van der Waals surface area contributed by atoms with Crippen LogP contribution in [0.15, 0.2) is 4.60 Å². The van der Waals surface area contributed by atoms with Gasteiger partial charge in [-0.25, -0.2) is 0 Å². The first-order valence-electron chi connectivity index (χ1n) is 4.00. The lowest BCUT2D eigenvalue weighted by atomic mass is 10.2. The van der Waals surface area contributed by atoms with E-state index in [1.54, 1.807) is 6.07 Å². The summed E-state index contributed by atoms with van der Waals surface area (Å²) >= 11 is 2.94. The Balaban J connectivity index is 3.24. The SMILES string of the molecule is Cc1c(C#N)c(Br)nn1C(C)C(F)(F)F. The molecule has 0 bridgehead atoms. The highest BCUT2D eigenvalue weighted by atomic mass is 79.9. The fourth-order valence-corrected chi connectivity index (χ4v) is 1.67. The maximum atomic E-state index is 12.4. The van der Waals surface area contributed by atoms with E-state index in [0.29, 0.717) is 0 Å². The average molecular weight is 282 g/mol. The van der Waals surface area contributed by atoms with Crippen molar-refractivity contribution in [2.45, 2.75) is 26.1 Å². The van der Waals surface area contributed by atoms with Gasteiger partial charge in [-0.2, -0.15) is 23.5 Å². The summed E-state index contributed by atoms with van der Waals surface area (Å²) < 4.78 is 38.1. The van der Waals surface area contributed by atoms with Crippen LogP contribution in [0.5, 0.6) is 0 Å². The molecule has 0 radical (unpaired) electrons. The smallest absolute Gasteiger partial charge is 0.255 e. The van der Waals surface area contributed by atoms with Crippen LogP contribution in [0.2, 0.25) is 0 Å². The largest absolute Gasteiger partial charge is 0.410 e. The molecule has 1 rings (SSSR count). The van der Waals surface area contributed by atoms with Crippen LogP contribution >= 0.6 is 15.9 Å². The Kier molecular flexibility index (Phi) is 3.09. The zero-order chi connectivity index (χ0) is 11.8. The molecule has 0 saturated carbocycles. The summed E-state index contributed by atoms with van der Waals surface area (Å²) in [7, 11) is 0. The van der Waals surface area contributed by atoms with E-state index in [1.807, 2.05) is 0 Å². The third kappa shape index (κ3) is 2.15. The van der Waals surface area contributed by atoms with Gasteiger partial charge in [0, 0.05) is 0 Å². The predicted molar refractivity (Wildman–Crippen MR) is 50.1 cm³/mol. The fourth-order valence-electron chi connectivity index (χ4n) is 1.13. The van der Waals surface area contributed by atoms with Crippen LogP contribution in [-0.4, -0.2) is 16.0 Å². The molecular formula is C8H7BrF3N3. The van der Waals surface area contributed by atoms with Crippen molar-refractivity contribution in [3.63, 3.8) is 0 Å². The van der Waals surface area contributed by atoms with Crippen molar-refractivity contribution in [3.8, 4) is 6.07 Å². The second-order valence-electron chi connectivity index (χ2n) is 3.03. The number of rotatable bonds is 1. The number of halogens is 4. The number of alkyl halides is 3. The van der Waals surface area contributed by atoms with Crippen LogP contribution in [0, 0.1) is 18.3 Å². The molecule has 0 fully saturated rings. The molecule has 15 heavy (non-hydrogen) atoms. The minimum atomic E-state index is -4.37. The summed E-state index contributed by atoms with van der Waals surface area (Å²) in [4.78, 5) is 0. The summed E-state index contributed by atoms with van der Waals surface area (Å²) in [6, 6.07) is 0.0528. The van der Waals surface area contributed by atoms with E-state index in [4.69, 9.17) is 5.26 Å². The Morgan fingerprint density at radius 1 is 1.53 bits per heavy atom. The highest BCUT2D eigenvalue weighted by Crippen LogP contribution is 2.32. The number of nitrogens with zero attached hydrogens (tertiary/aromatic N) is 3. The topological polar surface area (TPSA) is 41.6 Å². The molecule has 7 heteroatoms. The lowest BCUT2D eigenvalue weighted by Crippen LogP contribution is -2.25. The molecule has 1 atom stereocenters. The Labute approximate surface area is 92.6 Å². The molecule has 0 N–H and O–H groups in total. The highest BCUT2D eigenvalue weighted by molar-refractivity contribution is 9.10. The first-order valence-corrected chi connectivity index (χ1v) is 4.79. The average Bonchev–Trinajstić information content (AvgIpc) is 2.39. The molecule has 1 unspecified atom stereocenters. The van der Waals surface area contributed by atoms with Gasteiger partial charge < -0.3 is 0 Å². The molecule has 0 aliphatic heterocycles. The summed E-state index contributed by atoms with van der Waals surface area (Å²) in [6.07, 6.45) is -4.37. The lowest BCUT2D eigenvalue weighted by molar-refractivity contribution is -0.165.